The maximum Gasteiger partial charge on any atom is 0.0946 e. The van der Waals surface area contributed by atoms with Gasteiger partial charge in [0.1, 0.15) is 0 Å². The van der Waals surface area contributed by atoms with Crippen molar-refractivity contribution < 1.29 is 5.11 Å². The normalized spacial score (nSPS) is 15.3. The Balaban J connectivity index is 3.52. The Morgan fingerprint density at radius 3 is 2.20 bits per heavy atom. The van der Waals surface area contributed by atoms with Gasteiger partial charge < -0.3 is 5.32 Å². The van der Waals surface area contributed by atoms with Gasteiger partial charge in [-0.3, -0.25) is 0 Å². The van der Waals surface area contributed by atoms with Gasteiger partial charge in [0.2, 0.25) is 0 Å². The third-order valence-electron chi connectivity index (χ3n) is 1.85. The fraction of sp³-hybridized carbons (Fsp3) is 1.00. The number of nitrogens with one attached hydrogen (secondary N) is 1. The molecule has 0 saturated heterocycles. The Morgan fingerprint density at radius 1 is 1.40 bits per heavy atom. The van der Waals surface area contributed by atoms with E-state index in [1.807, 2.05) is 0 Å². The largest absolute Gasteiger partial charge is 0.311 e. The monoisotopic (exact) mass is 144 g/mol. The van der Waals surface area contributed by atoms with E-state index in [0.29, 0.717) is 12.6 Å². The zero-order valence-corrected chi connectivity index (χ0v) is 7.40. The van der Waals surface area contributed by atoms with Gasteiger partial charge in [-0.25, -0.2) is 5.11 Å². The first-order valence-electron chi connectivity index (χ1n) is 3.80. The molecule has 0 aliphatic carbocycles. The van der Waals surface area contributed by atoms with Crippen LogP contribution in [-0.2, 0) is 5.11 Å². The highest BCUT2D eigenvalue weighted by Gasteiger charge is 2.18. The molecule has 61 valence electrons. The van der Waals surface area contributed by atoms with Crippen LogP contribution in [-0.4, -0.2) is 19.2 Å². The van der Waals surface area contributed by atoms with Crippen molar-refractivity contribution in [1.29, 1.82) is 0 Å². The molecule has 0 aromatic rings. The van der Waals surface area contributed by atoms with Crippen molar-refractivity contribution in [1.82, 2.24) is 5.32 Å². The summed E-state index contributed by atoms with van der Waals surface area (Å²) >= 11 is 0. The van der Waals surface area contributed by atoms with Crippen LogP contribution in [0.4, 0.5) is 0 Å². The van der Waals surface area contributed by atoms with Crippen LogP contribution in [0.15, 0.2) is 0 Å². The lowest BCUT2D eigenvalue weighted by molar-refractivity contribution is 0.179. The average Bonchev–Trinajstić information content (AvgIpc) is 1.80. The minimum Gasteiger partial charge on any atom is -0.311 e. The molecule has 0 heterocycles. The first-order valence-corrected chi connectivity index (χ1v) is 3.80. The molecule has 0 aromatic carbocycles. The molecule has 1 unspecified atom stereocenters. The van der Waals surface area contributed by atoms with Crippen molar-refractivity contribution in [3.05, 3.63) is 0 Å². The molecule has 0 amide bonds. The first-order chi connectivity index (χ1) is 4.48. The van der Waals surface area contributed by atoms with Gasteiger partial charge in [-0.15, -0.1) is 0 Å². The van der Waals surface area contributed by atoms with Gasteiger partial charge in [0.15, 0.2) is 0 Å². The predicted molar refractivity (Wildman–Crippen MR) is 42.5 cm³/mol. The third-order valence-corrected chi connectivity index (χ3v) is 1.85. The lowest BCUT2D eigenvalue weighted by atomic mass is 9.88. The minimum absolute atomic E-state index is 0.0274. The van der Waals surface area contributed by atoms with Crippen molar-refractivity contribution in [2.45, 2.75) is 33.7 Å². The van der Waals surface area contributed by atoms with E-state index in [2.05, 4.69) is 33.0 Å². The van der Waals surface area contributed by atoms with E-state index in [1.165, 1.54) is 0 Å². The van der Waals surface area contributed by atoms with Gasteiger partial charge in [0, 0.05) is 12.6 Å². The zero-order chi connectivity index (χ0) is 8.20. The molecule has 0 aromatic heterocycles. The highest BCUT2D eigenvalue weighted by Crippen LogP contribution is 2.17. The topological polar surface area (TPSA) is 31.9 Å². The van der Waals surface area contributed by atoms with Gasteiger partial charge in [-0.1, -0.05) is 20.8 Å². The molecule has 0 saturated carbocycles. The molecule has 10 heavy (non-hydrogen) atoms. The highest BCUT2D eigenvalue weighted by molar-refractivity contribution is 4.75. The summed E-state index contributed by atoms with van der Waals surface area (Å²) in [5.41, 5.74) is 0.259. The standard InChI is InChI=1S/C8H18NO/c1-7(8(2,3)4)9-5-6-10/h7,9H,5-6H2,1-4H3. The SMILES string of the molecule is CC(NCC[O])C(C)(C)C. The summed E-state index contributed by atoms with van der Waals surface area (Å²) < 4.78 is 0. The smallest absolute Gasteiger partial charge is 0.0946 e. The molecule has 0 aliphatic heterocycles. The number of hydrogen-bond donors (Lipinski definition) is 1. The third kappa shape index (κ3) is 3.85. The van der Waals surface area contributed by atoms with Crippen LogP contribution < -0.4 is 5.32 Å². The summed E-state index contributed by atoms with van der Waals surface area (Å²) in [5.74, 6) is 0. The number of rotatable bonds is 3. The molecule has 0 spiro atoms. The van der Waals surface area contributed by atoms with E-state index >= 15 is 0 Å². The molecule has 0 fully saturated rings. The summed E-state index contributed by atoms with van der Waals surface area (Å²) in [7, 11) is 0. The van der Waals surface area contributed by atoms with Gasteiger partial charge in [0.05, 0.1) is 6.61 Å². The second-order valence-electron chi connectivity index (χ2n) is 3.75. The number of hydrogen-bond acceptors (Lipinski definition) is 1. The Labute approximate surface area is 63.6 Å². The van der Waals surface area contributed by atoms with Gasteiger partial charge >= 0.3 is 0 Å². The summed E-state index contributed by atoms with van der Waals surface area (Å²) in [6.07, 6.45) is 0. The summed E-state index contributed by atoms with van der Waals surface area (Å²) in [4.78, 5) is 0. The van der Waals surface area contributed by atoms with Crippen molar-refractivity contribution >= 4 is 0 Å². The Bertz CT molecular complexity index is 85.7. The van der Waals surface area contributed by atoms with E-state index in [4.69, 9.17) is 0 Å². The van der Waals surface area contributed by atoms with Crippen LogP contribution in [0.2, 0.25) is 0 Å². The molecule has 0 rings (SSSR count). The summed E-state index contributed by atoms with van der Waals surface area (Å²) in [6.45, 7) is 9.15. The van der Waals surface area contributed by atoms with E-state index in [-0.39, 0.29) is 12.0 Å². The van der Waals surface area contributed by atoms with Crippen molar-refractivity contribution in [3.8, 4) is 0 Å². The van der Waals surface area contributed by atoms with Gasteiger partial charge in [-0.05, 0) is 12.3 Å². The molecule has 2 nitrogen and oxygen atoms in total. The lowest BCUT2D eigenvalue weighted by Gasteiger charge is -2.27. The van der Waals surface area contributed by atoms with E-state index in [0.717, 1.165) is 0 Å². The Morgan fingerprint density at radius 2 is 1.90 bits per heavy atom. The van der Waals surface area contributed by atoms with Crippen molar-refractivity contribution in [3.63, 3.8) is 0 Å². The highest BCUT2D eigenvalue weighted by atomic mass is 16.3. The van der Waals surface area contributed by atoms with Crippen LogP contribution in [0, 0.1) is 5.41 Å². The minimum atomic E-state index is -0.0274. The van der Waals surface area contributed by atoms with E-state index in [1.54, 1.807) is 0 Å². The Hall–Kier alpha value is -0.0800. The second-order valence-corrected chi connectivity index (χ2v) is 3.75. The van der Waals surface area contributed by atoms with Crippen LogP contribution in [0.3, 0.4) is 0 Å². The molecular formula is C8H18NO. The van der Waals surface area contributed by atoms with Crippen LogP contribution >= 0.6 is 0 Å². The fourth-order valence-electron chi connectivity index (χ4n) is 0.582. The second kappa shape index (κ2) is 3.94. The van der Waals surface area contributed by atoms with E-state index in [9.17, 15) is 5.11 Å². The Kier molecular flexibility index (Phi) is 3.91. The molecule has 0 aliphatic rings. The van der Waals surface area contributed by atoms with Crippen molar-refractivity contribution in [2.24, 2.45) is 5.41 Å². The van der Waals surface area contributed by atoms with Gasteiger partial charge in [0.25, 0.3) is 0 Å². The molecule has 1 N–H and O–H groups in total. The maximum atomic E-state index is 10.1. The van der Waals surface area contributed by atoms with Crippen LogP contribution in [0.1, 0.15) is 27.7 Å². The molecule has 1 radical (unpaired) electrons. The maximum absolute atomic E-state index is 10.1. The summed E-state index contributed by atoms with van der Waals surface area (Å²) in [6, 6.07) is 0.418. The quantitative estimate of drug-likeness (QED) is 0.638. The van der Waals surface area contributed by atoms with Crippen LogP contribution in [0.25, 0.3) is 0 Å². The molecule has 0 bridgehead atoms. The fourth-order valence-corrected chi connectivity index (χ4v) is 0.582. The van der Waals surface area contributed by atoms with Gasteiger partial charge in [-0.2, -0.15) is 0 Å². The lowest BCUT2D eigenvalue weighted by Crippen LogP contribution is -2.38. The zero-order valence-electron chi connectivity index (χ0n) is 7.40. The predicted octanol–water partition coefficient (Wildman–Crippen LogP) is 1.44. The molecule has 2 heteroatoms. The molecular weight excluding hydrogens is 126 g/mol. The molecule has 1 atom stereocenters. The van der Waals surface area contributed by atoms with Crippen LogP contribution in [0.5, 0.6) is 0 Å². The first kappa shape index (κ1) is 9.92. The van der Waals surface area contributed by atoms with Crippen molar-refractivity contribution in [2.75, 3.05) is 13.2 Å². The average molecular weight is 144 g/mol. The summed E-state index contributed by atoms with van der Waals surface area (Å²) in [5, 5.41) is 13.3. The van der Waals surface area contributed by atoms with E-state index < -0.39 is 0 Å².